The van der Waals surface area contributed by atoms with E-state index < -0.39 is 11.6 Å². The summed E-state index contributed by atoms with van der Waals surface area (Å²) in [6, 6.07) is 0. The summed E-state index contributed by atoms with van der Waals surface area (Å²) in [6.45, 7) is 1.77. The Hall–Kier alpha value is -1.36. The van der Waals surface area contributed by atoms with Gasteiger partial charge in [0.15, 0.2) is 5.60 Å². The summed E-state index contributed by atoms with van der Waals surface area (Å²) in [5.74, 6) is -0.983. The van der Waals surface area contributed by atoms with Gasteiger partial charge in [-0.25, -0.2) is 9.78 Å². The smallest absolute Gasteiger partial charge is 0.337 e. The van der Waals surface area contributed by atoms with Crippen molar-refractivity contribution in [2.24, 2.45) is 0 Å². The van der Waals surface area contributed by atoms with E-state index in [1.807, 2.05) is 0 Å². The summed E-state index contributed by atoms with van der Waals surface area (Å²) < 4.78 is 6.59. The molecule has 0 radical (unpaired) electrons. The zero-order chi connectivity index (χ0) is 9.90. The lowest BCUT2D eigenvalue weighted by atomic mass is 10.1. The molecule has 0 saturated heterocycles. The van der Waals surface area contributed by atoms with Gasteiger partial charge in [0.05, 0.1) is 12.9 Å². The molecule has 1 aromatic heterocycles. The lowest BCUT2D eigenvalue weighted by Crippen LogP contribution is -2.41. The average Bonchev–Trinajstić information content (AvgIpc) is 2.56. The van der Waals surface area contributed by atoms with E-state index in [4.69, 9.17) is 9.84 Å². The number of carbonyl (C=O) groups is 1. The number of hydrogen-bond acceptors (Lipinski definition) is 3. The van der Waals surface area contributed by atoms with E-state index >= 15 is 0 Å². The first kappa shape index (κ1) is 9.73. The molecule has 1 unspecified atom stereocenters. The second-order valence-corrected chi connectivity index (χ2v) is 2.98. The van der Waals surface area contributed by atoms with Crippen LogP contribution in [-0.2, 0) is 16.1 Å². The van der Waals surface area contributed by atoms with E-state index in [1.54, 1.807) is 23.3 Å². The van der Waals surface area contributed by atoms with E-state index in [2.05, 4.69) is 4.98 Å². The van der Waals surface area contributed by atoms with Crippen molar-refractivity contribution in [3.63, 3.8) is 0 Å². The number of nitrogens with zero attached hydrogens (tertiary/aromatic N) is 2. The molecule has 13 heavy (non-hydrogen) atoms. The van der Waals surface area contributed by atoms with Crippen LogP contribution in [0.3, 0.4) is 0 Å². The lowest BCUT2D eigenvalue weighted by Gasteiger charge is -2.23. The second-order valence-electron chi connectivity index (χ2n) is 2.98. The third kappa shape index (κ3) is 2.06. The molecule has 0 spiro atoms. The minimum absolute atomic E-state index is 0.249. The van der Waals surface area contributed by atoms with Gasteiger partial charge in [-0.3, -0.25) is 0 Å². The maximum atomic E-state index is 10.8. The van der Waals surface area contributed by atoms with Crippen LogP contribution in [-0.4, -0.2) is 33.3 Å². The van der Waals surface area contributed by atoms with Crippen LogP contribution in [0.1, 0.15) is 6.92 Å². The fraction of sp³-hybridized carbons (Fsp3) is 0.500. The van der Waals surface area contributed by atoms with Gasteiger partial charge in [0.25, 0.3) is 0 Å². The van der Waals surface area contributed by atoms with Gasteiger partial charge in [0.2, 0.25) is 0 Å². The molecule has 1 aromatic rings. The van der Waals surface area contributed by atoms with Crippen LogP contribution < -0.4 is 0 Å². The van der Waals surface area contributed by atoms with Gasteiger partial charge in [-0.1, -0.05) is 0 Å². The lowest BCUT2D eigenvalue weighted by molar-refractivity contribution is -0.161. The summed E-state index contributed by atoms with van der Waals surface area (Å²) in [7, 11) is 1.38. The number of imidazole rings is 1. The van der Waals surface area contributed by atoms with E-state index in [-0.39, 0.29) is 6.54 Å². The molecule has 1 rings (SSSR count). The Balaban J connectivity index is 2.75. The molecule has 0 fully saturated rings. The van der Waals surface area contributed by atoms with Gasteiger partial charge >= 0.3 is 5.97 Å². The molecular formula is C8H12N2O3. The molecule has 0 aromatic carbocycles. The van der Waals surface area contributed by atoms with Gasteiger partial charge < -0.3 is 14.4 Å². The fourth-order valence-corrected chi connectivity index (χ4v) is 0.948. The quantitative estimate of drug-likeness (QED) is 0.734. The van der Waals surface area contributed by atoms with Crippen molar-refractivity contribution >= 4 is 5.97 Å². The van der Waals surface area contributed by atoms with Gasteiger partial charge in [-0.05, 0) is 6.92 Å². The van der Waals surface area contributed by atoms with Crippen molar-refractivity contribution in [1.29, 1.82) is 0 Å². The summed E-state index contributed by atoms with van der Waals surface area (Å²) >= 11 is 0. The Kier molecular flexibility index (Phi) is 2.67. The topological polar surface area (TPSA) is 64.4 Å². The van der Waals surface area contributed by atoms with Gasteiger partial charge in [-0.2, -0.15) is 0 Å². The zero-order valence-corrected chi connectivity index (χ0v) is 7.60. The molecule has 5 heteroatoms. The minimum atomic E-state index is -1.19. The summed E-state index contributed by atoms with van der Waals surface area (Å²) in [6.07, 6.45) is 4.85. The van der Waals surface area contributed by atoms with Gasteiger partial charge in [0, 0.05) is 19.5 Å². The second kappa shape index (κ2) is 3.57. The highest BCUT2D eigenvalue weighted by Gasteiger charge is 2.33. The van der Waals surface area contributed by atoms with Crippen molar-refractivity contribution in [2.75, 3.05) is 7.11 Å². The maximum Gasteiger partial charge on any atom is 0.337 e. The van der Waals surface area contributed by atoms with Crippen LogP contribution in [0.15, 0.2) is 18.7 Å². The molecule has 1 atom stereocenters. The highest BCUT2D eigenvalue weighted by molar-refractivity contribution is 5.76. The van der Waals surface area contributed by atoms with Crippen molar-refractivity contribution < 1.29 is 14.6 Å². The van der Waals surface area contributed by atoms with E-state index in [1.165, 1.54) is 14.0 Å². The highest BCUT2D eigenvalue weighted by atomic mass is 16.5. The predicted octanol–water partition coefficient (Wildman–Crippen LogP) is 0.373. The molecule has 1 heterocycles. The molecule has 0 aliphatic rings. The number of aliphatic carboxylic acids is 1. The summed E-state index contributed by atoms with van der Waals surface area (Å²) in [5.41, 5.74) is -1.19. The van der Waals surface area contributed by atoms with Gasteiger partial charge in [-0.15, -0.1) is 0 Å². The summed E-state index contributed by atoms with van der Waals surface area (Å²) in [5, 5.41) is 8.87. The summed E-state index contributed by atoms with van der Waals surface area (Å²) in [4.78, 5) is 14.6. The van der Waals surface area contributed by atoms with E-state index in [9.17, 15) is 4.79 Å². The Morgan fingerprint density at radius 1 is 1.77 bits per heavy atom. The number of ether oxygens (including phenoxy) is 1. The van der Waals surface area contributed by atoms with Gasteiger partial charge in [0.1, 0.15) is 0 Å². The SMILES string of the molecule is COC(C)(Cn1ccnc1)C(=O)O. The molecule has 1 N–H and O–H groups in total. The number of hydrogen-bond donors (Lipinski definition) is 1. The largest absolute Gasteiger partial charge is 0.479 e. The van der Waals surface area contributed by atoms with Crippen molar-refractivity contribution in [3.05, 3.63) is 18.7 Å². The number of methoxy groups -OCH3 is 1. The third-order valence-corrected chi connectivity index (χ3v) is 1.95. The molecule has 0 saturated carbocycles. The average molecular weight is 184 g/mol. The Morgan fingerprint density at radius 2 is 2.46 bits per heavy atom. The molecular weight excluding hydrogens is 172 g/mol. The molecule has 0 amide bonds. The van der Waals surface area contributed by atoms with E-state index in [0.717, 1.165) is 0 Å². The molecule has 0 aliphatic heterocycles. The standard InChI is InChI=1S/C8H12N2O3/c1-8(13-2,7(11)12)5-10-4-3-9-6-10/h3-4,6H,5H2,1-2H3,(H,11,12). The van der Waals surface area contributed by atoms with Crippen LogP contribution in [0.5, 0.6) is 0 Å². The van der Waals surface area contributed by atoms with Crippen LogP contribution in [0, 0.1) is 0 Å². The predicted molar refractivity (Wildman–Crippen MR) is 45.3 cm³/mol. The third-order valence-electron chi connectivity index (χ3n) is 1.95. The van der Waals surface area contributed by atoms with Crippen LogP contribution in [0.25, 0.3) is 0 Å². The number of aromatic nitrogens is 2. The number of carboxylic acids is 1. The molecule has 0 aliphatic carbocycles. The van der Waals surface area contributed by atoms with E-state index in [0.29, 0.717) is 0 Å². The minimum Gasteiger partial charge on any atom is -0.479 e. The fourth-order valence-electron chi connectivity index (χ4n) is 0.948. The first-order valence-electron chi connectivity index (χ1n) is 3.83. The highest BCUT2D eigenvalue weighted by Crippen LogP contribution is 2.12. The Morgan fingerprint density at radius 3 is 2.85 bits per heavy atom. The maximum absolute atomic E-state index is 10.8. The number of carboxylic acid groups (broad SMARTS) is 1. The van der Waals surface area contributed by atoms with Crippen LogP contribution in [0.4, 0.5) is 0 Å². The Bertz CT molecular complexity index is 284. The first-order valence-corrected chi connectivity index (χ1v) is 3.83. The molecule has 72 valence electrons. The zero-order valence-electron chi connectivity index (χ0n) is 7.60. The van der Waals surface area contributed by atoms with Crippen molar-refractivity contribution in [3.8, 4) is 0 Å². The molecule has 5 nitrogen and oxygen atoms in total. The van der Waals surface area contributed by atoms with Crippen molar-refractivity contribution in [1.82, 2.24) is 9.55 Å². The first-order chi connectivity index (χ1) is 6.08. The van der Waals surface area contributed by atoms with Crippen molar-refractivity contribution in [2.45, 2.75) is 19.1 Å². The normalized spacial score (nSPS) is 15.2. The monoisotopic (exact) mass is 184 g/mol. The van der Waals surface area contributed by atoms with Crippen LogP contribution in [0.2, 0.25) is 0 Å². The Labute approximate surface area is 76.0 Å². The molecule has 0 bridgehead atoms. The number of rotatable bonds is 4. The van der Waals surface area contributed by atoms with Crippen LogP contribution >= 0.6 is 0 Å².